The highest BCUT2D eigenvalue weighted by Gasteiger charge is 2.35. The van der Waals surface area contributed by atoms with Gasteiger partial charge in [-0.1, -0.05) is 11.2 Å². The third-order valence-electron chi connectivity index (χ3n) is 4.60. The maximum atomic E-state index is 12.6. The van der Waals surface area contributed by atoms with Crippen molar-refractivity contribution in [1.82, 2.24) is 10.5 Å². The first kappa shape index (κ1) is 16.1. The van der Waals surface area contributed by atoms with Gasteiger partial charge in [0.1, 0.15) is 11.4 Å². The van der Waals surface area contributed by atoms with E-state index in [1.807, 2.05) is 17.5 Å². The van der Waals surface area contributed by atoms with Crippen LogP contribution in [0, 0.1) is 0 Å². The Morgan fingerprint density at radius 3 is 3.00 bits per heavy atom. The summed E-state index contributed by atoms with van der Waals surface area (Å²) in [6.07, 6.45) is 6.71. The average Bonchev–Trinajstić information content (AvgIpc) is 3.40. The molecule has 1 unspecified atom stereocenters. The molecular formula is C18H18N2O4S. The standard InChI is InChI=1S/C18H18N2O4S/c21-17(16-13-4-1-2-5-14(13)24-20-16)19-11-18(22,12-7-8-23-10-12)15-6-3-9-25-15/h3,6-10,22H,1-2,4-5,11H2,(H,19,21). The molecule has 6 nitrogen and oxygen atoms in total. The molecule has 0 fully saturated rings. The van der Waals surface area contributed by atoms with Crippen molar-refractivity contribution in [3.8, 4) is 0 Å². The molecule has 7 heteroatoms. The number of hydrogen-bond acceptors (Lipinski definition) is 6. The minimum Gasteiger partial charge on any atom is -0.472 e. The Bertz CT molecular complexity index is 818. The van der Waals surface area contributed by atoms with Crippen molar-refractivity contribution >= 4 is 17.2 Å². The molecule has 0 spiro atoms. The molecule has 1 atom stereocenters. The monoisotopic (exact) mass is 358 g/mol. The van der Waals surface area contributed by atoms with Gasteiger partial charge in [-0.15, -0.1) is 11.3 Å². The lowest BCUT2D eigenvalue weighted by atomic mass is 9.94. The molecule has 130 valence electrons. The largest absolute Gasteiger partial charge is 0.472 e. The van der Waals surface area contributed by atoms with Gasteiger partial charge in [0.25, 0.3) is 5.91 Å². The highest BCUT2D eigenvalue weighted by molar-refractivity contribution is 7.10. The van der Waals surface area contributed by atoms with Crippen molar-refractivity contribution in [3.05, 3.63) is 63.6 Å². The van der Waals surface area contributed by atoms with E-state index in [2.05, 4.69) is 10.5 Å². The predicted octanol–water partition coefficient (Wildman–Crippen LogP) is 2.87. The number of rotatable bonds is 5. The molecular weight excluding hydrogens is 340 g/mol. The number of hydrogen-bond donors (Lipinski definition) is 2. The van der Waals surface area contributed by atoms with Crippen molar-refractivity contribution in [2.45, 2.75) is 31.3 Å². The van der Waals surface area contributed by atoms with Crippen molar-refractivity contribution in [1.29, 1.82) is 0 Å². The fourth-order valence-corrected chi connectivity index (χ4v) is 4.05. The van der Waals surface area contributed by atoms with Crippen LogP contribution in [0.3, 0.4) is 0 Å². The zero-order chi connectivity index (χ0) is 17.3. The topological polar surface area (TPSA) is 88.5 Å². The van der Waals surface area contributed by atoms with E-state index in [-0.39, 0.29) is 12.5 Å². The molecule has 1 aliphatic rings. The van der Waals surface area contributed by atoms with Gasteiger partial charge in [0.05, 0.1) is 19.1 Å². The number of aromatic nitrogens is 1. The Hall–Kier alpha value is -2.38. The Balaban J connectivity index is 1.56. The van der Waals surface area contributed by atoms with Gasteiger partial charge in [0.2, 0.25) is 0 Å². The fourth-order valence-electron chi connectivity index (χ4n) is 3.20. The number of carbonyl (C=O) groups excluding carboxylic acids is 1. The van der Waals surface area contributed by atoms with Crippen LogP contribution < -0.4 is 5.32 Å². The number of furan rings is 1. The maximum absolute atomic E-state index is 12.6. The summed E-state index contributed by atoms with van der Waals surface area (Å²) in [4.78, 5) is 13.3. The highest BCUT2D eigenvalue weighted by Crippen LogP contribution is 2.33. The summed E-state index contributed by atoms with van der Waals surface area (Å²) in [7, 11) is 0. The van der Waals surface area contributed by atoms with E-state index in [0.29, 0.717) is 11.3 Å². The van der Waals surface area contributed by atoms with Crippen LogP contribution in [0.2, 0.25) is 0 Å². The van der Waals surface area contributed by atoms with Crippen LogP contribution in [0.25, 0.3) is 0 Å². The molecule has 0 bridgehead atoms. The zero-order valence-electron chi connectivity index (χ0n) is 13.5. The maximum Gasteiger partial charge on any atom is 0.273 e. The molecule has 0 saturated carbocycles. The quantitative estimate of drug-likeness (QED) is 0.732. The number of aryl methyl sites for hydroxylation is 1. The molecule has 1 amide bonds. The second-order valence-corrected chi connectivity index (χ2v) is 7.12. The molecule has 4 rings (SSSR count). The second-order valence-electron chi connectivity index (χ2n) is 6.17. The number of aliphatic hydroxyl groups is 1. The number of fused-ring (bicyclic) bond motifs is 1. The fraction of sp³-hybridized carbons (Fsp3) is 0.333. The van der Waals surface area contributed by atoms with Crippen LogP contribution in [0.15, 0.2) is 45.0 Å². The number of thiophene rings is 1. The summed E-state index contributed by atoms with van der Waals surface area (Å²) in [6.45, 7) is 0.0213. The minimum absolute atomic E-state index is 0.0213. The van der Waals surface area contributed by atoms with E-state index >= 15 is 0 Å². The molecule has 3 heterocycles. The van der Waals surface area contributed by atoms with E-state index in [4.69, 9.17) is 8.94 Å². The van der Waals surface area contributed by atoms with E-state index in [1.165, 1.54) is 23.9 Å². The van der Waals surface area contributed by atoms with Crippen LogP contribution >= 0.6 is 11.3 Å². The smallest absolute Gasteiger partial charge is 0.273 e. The van der Waals surface area contributed by atoms with E-state index < -0.39 is 5.60 Å². The van der Waals surface area contributed by atoms with Crippen LogP contribution in [-0.2, 0) is 18.4 Å². The Morgan fingerprint density at radius 2 is 2.24 bits per heavy atom. The van der Waals surface area contributed by atoms with Gasteiger partial charge >= 0.3 is 0 Å². The highest BCUT2D eigenvalue weighted by atomic mass is 32.1. The molecule has 2 N–H and O–H groups in total. The first-order chi connectivity index (χ1) is 12.2. The van der Waals surface area contributed by atoms with Crippen molar-refractivity contribution in [2.75, 3.05) is 6.54 Å². The summed E-state index contributed by atoms with van der Waals surface area (Å²) < 4.78 is 10.4. The number of amides is 1. The average molecular weight is 358 g/mol. The molecule has 3 aromatic rings. The zero-order valence-corrected chi connectivity index (χ0v) is 14.3. The summed E-state index contributed by atoms with van der Waals surface area (Å²) in [5.74, 6) is 0.477. The molecule has 0 radical (unpaired) electrons. The normalized spacial score (nSPS) is 16.2. The number of nitrogens with zero attached hydrogens (tertiary/aromatic N) is 1. The summed E-state index contributed by atoms with van der Waals surface area (Å²) in [5.41, 5.74) is 0.472. The Labute approximate surface area is 148 Å². The van der Waals surface area contributed by atoms with Crippen molar-refractivity contribution < 1.29 is 18.8 Å². The predicted molar refractivity (Wildman–Crippen MR) is 91.5 cm³/mol. The lowest BCUT2D eigenvalue weighted by molar-refractivity contribution is 0.0709. The van der Waals surface area contributed by atoms with Crippen LogP contribution in [0.5, 0.6) is 0 Å². The van der Waals surface area contributed by atoms with Gasteiger partial charge in [-0.2, -0.15) is 0 Å². The SMILES string of the molecule is O=C(NCC(O)(c1ccoc1)c1cccs1)c1noc2c1CCCC2. The van der Waals surface area contributed by atoms with Gasteiger partial charge in [-0.05, 0) is 36.8 Å². The minimum atomic E-state index is -1.35. The van der Waals surface area contributed by atoms with Crippen LogP contribution in [-0.4, -0.2) is 22.7 Å². The lowest BCUT2D eigenvalue weighted by Gasteiger charge is -2.26. The molecule has 0 aromatic carbocycles. The van der Waals surface area contributed by atoms with Crippen LogP contribution in [0.1, 0.15) is 45.1 Å². The number of nitrogens with one attached hydrogen (secondary N) is 1. The summed E-state index contributed by atoms with van der Waals surface area (Å²) >= 11 is 1.42. The van der Waals surface area contributed by atoms with Crippen molar-refractivity contribution in [3.63, 3.8) is 0 Å². The molecule has 0 aliphatic heterocycles. The third kappa shape index (κ3) is 2.89. The van der Waals surface area contributed by atoms with Gasteiger partial charge in [-0.3, -0.25) is 4.79 Å². The first-order valence-electron chi connectivity index (χ1n) is 8.23. The Kier molecular flexibility index (Phi) is 4.19. The van der Waals surface area contributed by atoms with E-state index in [0.717, 1.165) is 41.9 Å². The van der Waals surface area contributed by atoms with Crippen molar-refractivity contribution in [2.24, 2.45) is 0 Å². The molecule has 25 heavy (non-hydrogen) atoms. The van der Waals surface area contributed by atoms with Gasteiger partial charge < -0.3 is 19.4 Å². The number of carbonyl (C=O) groups is 1. The van der Waals surface area contributed by atoms with Gasteiger partial charge in [0, 0.05) is 22.4 Å². The second kappa shape index (κ2) is 6.50. The van der Waals surface area contributed by atoms with E-state index in [1.54, 1.807) is 6.07 Å². The molecule has 3 aromatic heterocycles. The van der Waals surface area contributed by atoms with Gasteiger partial charge in [-0.25, -0.2) is 0 Å². The van der Waals surface area contributed by atoms with E-state index in [9.17, 15) is 9.90 Å². The summed E-state index contributed by atoms with van der Waals surface area (Å²) in [5, 5.41) is 19.8. The molecule has 1 aliphatic carbocycles. The van der Waals surface area contributed by atoms with Crippen LogP contribution in [0.4, 0.5) is 0 Å². The van der Waals surface area contributed by atoms with Gasteiger partial charge in [0.15, 0.2) is 5.69 Å². The third-order valence-corrected chi connectivity index (χ3v) is 5.62. The lowest BCUT2D eigenvalue weighted by Crippen LogP contribution is -2.41. The molecule has 0 saturated heterocycles. The Morgan fingerprint density at radius 1 is 1.36 bits per heavy atom. The first-order valence-corrected chi connectivity index (χ1v) is 9.11. The summed E-state index contributed by atoms with van der Waals surface area (Å²) in [6, 6.07) is 5.40.